The first-order valence-electron chi connectivity index (χ1n) is 6.51. The predicted molar refractivity (Wildman–Crippen MR) is 70.5 cm³/mol. The van der Waals surface area contributed by atoms with Gasteiger partial charge in [-0.2, -0.15) is 4.98 Å². The van der Waals surface area contributed by atoms with Crippen molar-refractivity contribution in [2.45, 2.75) is 33.2 Å². The molecule has 2 rings (SSSR count). The first-order valence-corrected chi connectivity index (χ1v) is 6.51. The van der Waals surface area contributed by atoms with Gasteiger partial charge in [0, 0.05) is 18.3 Å². The van der Waals surface area contributed by atoms with E-state index in [4.69, 9.17) is 4.74 Å². The number of carboxylic acid groups (broad SMARTS) is 1. The summed E-state index contributed by atoms with van der Waals surface area (Å²) in [6.07, 6.45) is 0.832. The number of anilines is 1. The Bertz CT molecular complexity index is 478. The molecule has 19 heavy (non-hydrogen) atoms. The lowest BCUT2D eigenvalue weighted by Crippen LogP contribution is -2.40. The van der Waals surface area contributed by atoms with Crippen LogP contribution >= 0.6 is 0 Å². The maximum absolute atomic E-state index is 11.4. The van der Waals surface area contributed by atoms with Gasteiger partial charge in [0.2, 0.25) is 11.8 Å². The van der Waals surface area contributed by atoms with E-state index >= 15 is 0 Å². The van der Waals surface area contributed by atoms with Crippen LogP contribution in [0.4, 0.5) is 5.95 Å². The fraction of sp³-hybridized carbons (Fsp3) is 0.615. The third-order valence-corrected chi connectivity index (χ3v) is 3.32. The van der Waals surface area contributed by atoms with Gasteiger partial charge in [0.25, 0.3) is 0 Å². The summed E-state index contributed by atoms with van der Waals surface area (Å²) in [6.45, 7) is 6.86. The molecule has 0 radical (unpaired) electrons. The molecule has 0 amide bonds. The Morgan fingerprint density at radius 2 is 2.32 bits per heavy atom. The number of carbonyl (C=O) groups is 1. The van der Waals surface area contributed by atoms with E-state index < -0.39 is 12.0 Å². The van der Waals surface area contributed by atoms with Crippen molar-refractivity contribution in [3.63, 3.8) is 0 Å². The standard InChI is InChI=1S/C13H19N3O3/c1-4-19-10-7-9(3)14-13(15-10)16-6-5-8(2)11(16)12(17)18/h7-8,11H,4-6H2,1-3H3,(H,17,18). The molecule has 6 nitrogen and oxygen atoms in total. The average Bonchev–Trinajstić information content (AvgIpc) is 2.71. The molecular weight excluding hydrogens is 246 g/mol. The van der Waals surface area contributed by atoms with E-state index in [1.165, 1.54) is 0 Å². The quantitative estimate of drug-likeness (QED) is 0.888. The summed E-state index contributed by atoms with van der Waals surface area (Å²) < 4.78 is 5.38. The molecule has 2 atom stereocenters. The van der Waals surface area contributed by atoms with Crippen LogP contribution in [0, 0.1) is 12.8 Å². The number of hydrogen-bond donors (Lipinski definition) is 1. The molecular formula is C13H19N3O3. The molecule has 0 aromatic carbocycles. The molecule has 1 aliphatic rings. The summed E-state index contributed by atoms with van der Waals surface area (Å²) in [6, 6.07) is 1.19. The highest BCUT2D eigenvalue weighted by atomic mass is 16.5. The normalized spacial score (nSPS) is 22.6. The van der Waals surface area contributed by atoms with Crippen LogP contribution in [0.15, 0.2) is 6.07 Å². The summed E-state index contributed by atoms with van der Waals surface area (Å²) in [4.78, 5) is 21.8. The fourth-order valence-corrected chi connectivity index (χ4v) is 2.42. The highest BCUT2D eigenvalue weighted by Gasteiger charge is 2.38. The van der Waals surface area contributed by atoms with Crippen molar-refractivity contribution in [1.82, 2.24) is 9.97 Å². The highest BCUT2D eigenvalue weighted by molar-refractivity contribution is 5.78. The van der Waals surface area contributed by atoms with Crippen molar-refractivity contribution in [3.05, 3.63) is 11.8 Å². The molecule has 0 bridgehead atoms. The van der Waals surface area contributed by atoms with Crippen LogP contribution in [-0.2, 0) is 4.79 Å². The SMILES string of the molecule is CCOc1cc(C)nc(N2CCC(C)C2C(=O)O)n1. The number of aromatic nitrogens is 2. The number of ether oxygens (including phenoxy) is 1. The van der Waals surface area contributed by atoms with Gasteiger partial charge in [0.15, 0.2) is 0 Å². The van der Waals surface area contributed by atoms with E-state index in [2.05, 4.69) is 9.97 Å². The molecule has 6 heteroatoms. The third kappa shape index (κ3) is 2.77. The molecule has 1 N–H and O–H groups in total. The third-order valence-electron chi connectivity index (χ3n) is 3.32. The van der Waals surface area contributed by atoms with Crippen LogP contribution in [0.3, 0.4) is 0 Å². The Morgan fingerprint density at radius 3 is 2.95 bits per heavy atom. The Hall–Kier alpha value is -1.85. The van der Waals surface area contributed by atoms with Crippen LogP contribution < -0.4 is 9.64 Å². The van der Waals surface area contributed by atoms with Gasteiger partial charge in [-0.05, 0) is 26.2 Å². The Kier molecular flexibility index (Phi) is 3.87. The second-order valence-corrected chi connectivity index (χ2v) is 4.82. The van der Waals surface area contributed by atoms with E-state index in [1.807, 2.05) is 20.8 Å². The molecule has 0 spiro atoms. The van der Waals surface area contributed by atoms with Gasteiger partial charge in [-0.3, -0.25) is 0 Å². The first-order chi connectivity index (χ1) is 9.02. The van der Waals surface area contributed by atoms with Gasteiger partial charge in [-0.1, -0.05) is 6.92 Å². The maximum atomic E-state index is 11.4. The summed E-state index contributed by atoms with van der Waals surface area (Å²) in [5, 5.41) is 9.33. The number of nitrogens with zero attached hydrogens (tertiary/aromatic N) is 3. The molecule has 2 unspecified atom stereocenters. The number of aryl methyl sites for hydroxylation is 1. The lowest BCUT2D eigenvalue weighted by Gasteiger charge is -2.23. The molecule has 1 aromatic rings. The van der Waals surface area contributed by atoms with Crippen LogP contribution in [0.25, 0.3) is 0 Å². The van der Waals surface area contributed by atoms with Crippen molar-refractivity contribution in [2.75, 3.05) is 18.1 Å². The van der Waals surface area contributed by atoms with Gasteiger partial charge in [-0.15, -0.1) is 0 Å². The van der Waals surface area contributed by atoms with Gasteiger partial charge in [-0.25, -0.2) is 9.78 Å². The van der Waals surface area contributed by atoms with E-state index in [0.717, 1.165) is 12.1 Å². The van der Waals surface area contributed by atoms with Gasteiger partial charge in [0.05, 0.1) is 6.61 Å². The Morgan fingerprint density at radius 1 is 1.58 bits per heavy atom. The smallest absolute Gasteiger partial charge is 0.326 e. The summed E-state index contributed by atoms with van der Waals surface area (Å²) >= 11 is 0. The largest absolute Gasteiger partial charge is 0.480 e. The average molecular weight is 265 g/mol. The summed E-state index contributed by atoms with van der Waals surface area (Å²) in [5.41, 5.74) is 0.775. The topological polar surface area (TPSA) is 75.5 Å². The second kappa shape index (κ2) is 5.42. The lowest BCUT2D eigenvalue weighted by atomic mass is 10.0. The molecule has 2 heterocycles. The summed E-state index contributed by atoms with van der Waals surface area (Å²) in [7, 11) is 0. The fourth-order valence-electron chi connectivity index (χ4n) is 2.42. The van der Waals surface area contributed by atoms with Crippen molar-refractivity contribution < 1.29 is 14.6 Å². The van der Waals surface area contributed by atoms with E-state index in [9.17, 15) is 9.90 Å². The minimum atomic E-state index is -0.826. The molecule has 1 saturated heterocycles. The van der Waals surface area contributed by atoms with Crippen LogP contribution in [0.2, 0.25) is 0 Å². The van der Waals surface area contributed by atoms with Crippen LogP contribution in [0.5, 0.6) is 5.88 Å². The molecule has 104 valence electrons. The van der Waals surface area contributed by atoms with Gasteiger partial charge >= 0.3 is 5.97 Å². The van der Waals surface area contributed by atoms with Gasteiger partial charge < -0.3 is 14.7 Å². The first kappa shape index (κ1) is 13.6. The molecule has 1 aromatic heterocycles. The molecule has 1 fully saturated rings. The van der Waals surface area contributed by atoms with Crippen molar-refractivity contribution in [2.24, 2.45) is 5.92 Å². The zero-order valence-corrected chi connectivity index (χ0v) is 11.5. The summed E-state index contributed by atoms with van der Waals surface area (Å²) in [5.74, 6) is 0.208. The molecule has 0 aliphatic carbocycles. The van der Waals surface area contributed by atoms with Crippen molar-refractivity contribution >= 4 is 11.9 Å². The van der Waals surface area contributed by atoms with Crippen LogP contribution in [-0.4, -0.2) is 40.2 Å². The highest BCUT2D eigenvalue weighted by Crippen LogP contribution is 2.28. The number of hydrogen-bond acceptors (Lipinski definition) is 5. The zero-order chi connectivity index (χ0) is 14.0. The zero-order valence-electron chi connectivity index (χ0n) is 11.5. The maximum Gasteiger partial charge on any atom is 0.326 e. The van der Waals surface area contributed by atoms with E-state index in [1.54, 1.807) is 11.0 Å². The second-order valence-electron chi connectivity index (χ2n) is 4.82. The van der Waals surface area contributed by atoms with Gasteiger partial charge in [0.1, 0.15) is 6.04 Å². The number of rotatable bonds is 4. The number of aliphatic carboxylic acids is 1. The molecule has 0 saturated carbocycles. The Balaban J connectivity index is 2.32. The monoisotopic (exact) mass is 265 g/mol. The van der Waals surface area contributed by atoms with Crippen molar-refractivity contribution in [1.29, 1.82) is 0 Å². The molecule has 1 aliphatic heterocycles. The lowest BCUT2D eigenvalue weighted by molar-refractivity contribution is -0.139. The van der Waals surface area contributed by atoms with Crippen LogP contribution in [0.1, 0.15) is 26.0 Å². The minimum Gasteiger partial charge on any atom is -0.480 e. The minimum absolute atomic E-state index is 0.0946. The Labute approximate surface area is 112 Å². The number of carboxylic acids is 1. The predicted octanol–water partition coefficient (Wildman–Crippen LogP) is 1.48. The van der Waals surface area contributed by atoms with Crippen molar-refractivity contribution in [3.8, 4) is 5.88 Å². The van der Waals surface area contributed by atoms with E-state index in [-0.39, 0.29) is 5.92 Å². The van der Waals surface area contributed by atoms with E-state index in [0.29, 0.717) is 25.0 Å².